The van der Waals surface area contributed by atoms with E-state index in [0.717, 1.165) is 24.5 Å². The first-order chi connectivity index (χ1) is 7.74. The number of carboxylic acid groups (broad SMARTS) is 1. The van der Waals surface area contributed by atoms with Crippen LogP contribution in [0, 0.1) is 0 Å². The molecule has 0 spiro atoms. The highest BCUT2D eigenvalue weighted by Crippen LogP contribution is 2.17. The summed E-state index contributed by atoms with van der Waals surface area (Å²) in [6, 6.07) is -0.401. The molecular weight excluding hydrogens is 226 g/mol. The van der Waals surface area contributed by atoms with Crippen LogP contribution >= 0.6 is 11.8 Å². The van der Waals surface area contributed by atoms with E-state index in [1.165, 1.54) is 6.42 Å². The SMILES string of the molecule is CCNC(CCSCC1CCCO1)C(=O)O. The summed E-state index contributed by atoms with van der Waals surface area (Å²) < 4.78 is 5.50. The quantitative estimate of drug-likeness (QED) is 0.634. The maximum Gasteiger partial charge on any atom is 0.320 e. The Bertz CT molecular complexity index is 207. The van der Waals surface area contributed by atoms with E-state index in [9.17, 15) is 4.79 Å². The summed E-state index contributed by atoms with van der Waals surface area (Å²) in [7, 11) is 0. The Morgan fingerprint density at radius 1 is 1.69 bits per heavy atom. The van der Waals surface area contributed by atoms with E-state index in [0.29, 0.717) is 19.1 Å². The van der Waals surface area contributed by atoms with Crippen LogP contribution in [0.3, 0.4) is 0 Å². The van der Waals surface area contributed by atoms with E-state index in [1.807, 2.05) is 6.92 Å². The monoisotopic (exact) mass is 247 g/mol. The van der Waals surface area contributed by atoms with Gasteiger partial charge in [0.15, 0.2) is 0 Å². The van der Waals surface area contributed by atoms with Gasteiger partial charge in [-0.05, 0) is 31.6 Å². The average molecular weight is 247 g/mol. The molecule has 2 N–H and O–H groups in total. The van der Waals surface area contributed by atoms with Crippen LogP contribution in [-0.4, -0.2) is 47.9 Å². The van der Waals surface area contributed by atoms with E-state index in [2.05, 4.69) is 5.32 Å². The summed E-state index contributed by atoms with van der Waals surface area (Å²) in [5.41, 5.74) is 0. The third-order valence-corrected chi connectivity index (χ3v) is 3.76. The Labute approximate surface area is 101 Å². The van der Waals surface area contributed by atoms with Gasteiger partial charge in [0, 0.05) is 12.4 Å². The number of carbonyl (C=O) groups is 1. The van der Waals surface area contributed by atoms with Crippen LogP contribution in [0.15, 0.2) is 0 Å². The van der Waals surface area contributed by atoms with Crippen LogP contribution in [-0.2, 0) is 9.53 Å². The molecule has 1 heterocycles. The molecule has 0 bridgehead atoms. The van der Waals surface area contributed by atoms with Gasteiger partial charge in [-0.2, -0.15) is 11.8 Å². The lowest BCUT2D eigenvalue weighted by Crippen LogP contribution is -2.36. The van der Waals surface area contributed by atoms with Crippen molar-refractivity contribution in [3.05, 3.63) is 0 Å². The van der Waals surface area contributed by atoms with Crippen LogP contribution < -0.4 is 5.32 Å². The number of thioether (sulfide) groups is 1. The lowest BCUT2D eigenvalue weighted by atomic mass is 10.2. The molecule has 0 aromatic rings. The van der Waals surface area contributed by atoms with Crippen molar-refractivity contribution in [2.75, 3.05) is 24.7 Å². The number of hydrogen-bond acceptors (Lipinski definition) is 4. The van der Waals surface area contributed by atoms with E-state index < -0.39 is 12.0 Å². The van der Waals surface area contributed by atoms with Crippen molar-refractivity contribution < 1.29 is 14.6 Å². The molecule has 1 fully saturated rings. The first-order valence-corrected chi connectivity index (χ1v) is 7.05. The number of likely N-dealkylation sites (N-methyl/N-ethyl adjacent to an activating group) is 1. The first kappa shape index (κ1) is 13.8. The van der Waals surface area contributed by atoms with Gasteiger partial charge in [-0.1, -0.05) is 6.92 Å². The van der Waals surface area contributed by atoms with Crippen LogP contribution in [0.25, 0.3) is 0 Å². The van der Waals surface area contributed by atoms with E-state index in [-0.39, 0.29) is 0 Å². The lowest BCUT2D eigenvalue weighted by Gasteiger charge is -2.13. The Kier molecular flexibility index (Phi) is 6.84. The molecule has 2 atom stereocenters. The average Bonchev–Trinajstić information content (AvgIpc) is 2.75. The van der Waals surface area contributed by atoms with Crippen molar-refractivity contribution in [3.8, 4) is 0 Å². The van der Waals surface area contributed by atoms with Gasteiger partial charge in [0.1, 0.15) is 6.04 Å². The Morgan fingerprint density at radius 2 is 2.50 bits per heavy atom. The van der Waals surface area contributed by atoms with Gasteiger partial charge in [0.2, 0.25) is 0 Å². The summed E-state index contributed by atoms with van der Waals surface area (Å²) in [6.07, 6.45) is 3.40. The summed E-state index contributed by atoms with van der Waals surface area (Å²) in [5.74, 6) is 1.13. The van der Waals surface area contributed by atoms with E-state index in [4.69, 9.17) is 9.84 Å². The topological polar surface area (TPSA) is 58.6 Å². The van der Waals surface area contributed by atoms with Gasteiger partial charge in [-0.15, -0.1) is 0 Å². The molecular formula is C11H21NO3S. The molecule has 0 radical (unpaired) electrons. The second kappa shape index (κ2) is 7.92. The lowest BCUT2D eigenvalue weighted by molar-refractivity contribution is -0.139. The van der Waals surface area contributed by atoms with Gasteiger partial charge >= 0.3 is 5.97 Å². The van der Waals surface area contributed by atoms with Gasteiger partial charge in [-0.3, -0.25) is 4.79 Å². The second-order valence-corrected chi connectivity index (χ2v) is 5.10. The highest BCUT2D eigenvalue weighted by atomic mass is 32.2. The fourth-order valence-corrected chi connectivity index (χ4v) is 2.85. The summed E-state index contributed by atoms with van der Waals surface area (Å²) in [5, 5.41) is 11.9. The Morgan fingerprint density at radius 3 is 3.06 bits per heavy atom. The third-order valence-electron chi connectivity index (χ3n) is 2.63. The van der Waals surface area contributed by atoms with Crippen LogP contribution in [0.1, 0.15) is 26.2 Å². The van der Waals surface area contributed by atoms with Crippen molar-refractivity contribution in [1.82, 2.24) is 5.32 Å². The summed E-state index contributed by atoms with van der Waals surface area (Å²) in [4.78, 5) is 10.8. The molecule has 1 saturated heterocycles. The Hall–Kier alpha value is -0.260. The van der Waals surface area contributed by atoms with Crippen LogP contribution in [0.2, 0.25) is 0 Å². The van der Waals surface area contributed by atoms with Crippen molar-refractivity contribution >= 4 is 17.7 Å². The molecule has 4 nitrogen and oxygen atoms in total. The van der Waals surface area contributed by atoms with Crippen molar-refractivity contribution in [3.63, 3.8) is 0 Å². The highest BCUT2D eigenvalue weighted by Gasteiger charge is 2.17. The first-order valence-electron chi connectivity index (χ1n) is 5.89. The largest absolute Gasteiger partial charge is 0.480 e. The Balaban J connectivity index is 2.05. The van der Waals surface area contributed by atoms with Crippen molar-refractivity contribution in [2.24, 2.45) is 0 Å². The van der Waals surface area contributed by atoms with Gasteiger partial charge in [0.05, 0.1) is 6.10 Å². The molecule has 5 heteroatoms. The minimum Gasteiger partial charge on any atom is -0.480 e. The minimum atomic E-state index is -0.750. The number of nitrogens with one attached hydrogen (secondary N) is 1. The van der Waals surface area contributed by atoms with Gasteiger partial charge in [0.25, 0.3) is 0 Å². The molecule has 0 saturated carbocycles. The number of hydrogen-bond donors (Lipinski definition) is 2. The minimum absolute atomic E-state index is 0.396. The normalized spacial score (nSPS) is 22.2. The molecule has 0 aromatic carbocycles. The fourth-order valence-electron chi connectivity index (χ4n) is 1.75. The molecule has 94 valence electrons. The van der Waals surface area contributed by atoms with E-state index in [1.54, 1.807) is 11.8 Å². The molecule has 0 aliphatic carbocycles. The molecule has 2 unspecified atom stereocenters. The standard InChI is InChI=1S/C11H21NO3S/c1-2-12-10(11(13)14)5-7-16-8-9-4-3-6-15-9/h9-10,12H,2-8H2,1H3,(H,13,14). The molecule has 16 heavy (non-hydrogen) atoms. The third kappa shape index (κ3) is 5.18. The van der Waals surface area contributed by atoms with E-state index >= 15 is 0 Å². The number of rotatable bonds is 8. The molecule has 1 aliphatic heterocycles. The van der Waals surface area contributed by atoms with Crippen molar-refractivity contribution in [2.45, 2.75) is 38.3 Å². The summed E-state index contributed by atoms with van der Waals surface area (Å²) >= 11 is 1.79. The maximum absolute atomic E-state index is 10.8. The number of aliphatic carboxylic acids is 1. The number of ether oxygens (including phenoxy) is 1. The predicted molar refractivity (Wildman–Crippen MR) is 66.0 cm³/mol. The smallest absolute Gasteiger partial charge is 0.320 e. The summed E-state index contributed by atoms with van der Waals surface area (Å²) in [6.45, 7) is 3.52. The van der Waals surface area contributed by atoms with Gasteiger partial charge in [-0.25, -0.2) is 0 Å². The molecule has 0 amide bonds. The molecule has 1 aliphatic rings. The molecule has 0 aromatic heterocycles. The van der Waals surface area contributed by atoms with Crippen LogP contribution in [0.4, 0.5) is 0 Å². The zero-order valence-electron chi connectivity index (χ0n) is 9.78. The second-order valence-electron chi connectivity index (χ2n) is 3.95. The fraction of sp³-hybridized carbons (Fsp3) is 0.909. The van der Waals surface area contributed by atoms with Crippen molar-refractivity contribution in [1.29, 1.82) is 0 Å². The maximum atomic E-state index is 10.8. The molecule has 1 rings (SSSR count). The highest BCUT2D eigenvalue weighted by molar-refractivity contribution is 7.99. The zero-order valence-corrected chi connectivity index (χ0v) is 10.6. The van der Waals surface area contributed by atoms with Crippen LogP contribution in [0.5, 0.6) is 0 Å². The predicted octanol–water partition coefficient (Wildman–Crippen LogP) is 1.35. The zero-order chi connectivity index (χ0) is 11.8. The van der Waals surface area contributed by atoms with Gasteiger partial charge < -0.3 is 15.2 Å². The number of carboxylic acids is 1.